The maximum atomic E-state index is 15.2. The zero-order chi connectivity index (χ0) is 32.5. The Morgan fingerprint density at radius 2 is 1.70 bits per heavy atom. The Morgan fingerprint density at radius 3 is 2.30 bits per heavy atom. The number of alkyl halides is 1. The molecule has 44 heavy (non-hydrogen) atoms. The average Bonchev–Trinajstić information content (AvgIpc) is 2.95. The first-order chi connectivity index (χ1) is 20.6. The molecular weight excluding hydrogens is 572 g/mol. The van der Waals surface area contributed by atoms with Crippen LogP contribution in [0.3, 0.4) is 0 Å². The lowest BCUT2D eigenvalue weighted by atomic mass is 9.97. The van der Waals surface area contributed by atoms with Crippen molar-refractivity contribution in [3.63, 3.8) is 0 Å². The van der Waals surface area contributed by atoms with Gasteiger partial charge < -0.3 is 18.9 Å². The Balaban J connectivity index is 1.86. The largest absolute Gasteiger partial charge is 0.458 e. The van der Waals surface area contributed by atoms with Crippen molar-refractivity contribution in [2.75, 3.05) is 20.3 Å². The first kappa shape index (κ1) is 34.7. The molecule has 240 valence electrons. The second-order valence-corrected chi connectivity index (χ2v) is 12.5. The number of halogens is 2. The summed E-state index contributed by atoms with van der Waals surface area (Å²) in [5, 5.41) is 0. The molecule has 1 amide bonds. The van der Waals surface area contributed by atoms with Crippen LogP contribution in [0.1, 0.15) is 70.6 Å². The number of rotatable bonds is 12. The van der Waals surface area contributed by atoms with Gasteiger partial charge in [0.2, 0.25) is 6.10 Å². The van der Waals surface area contributed by atoms with E-state index in [9.17, 15) is 18.8 Å². The summed E-state index contributed by atoms with van der Waals surface area (Å²) in [6.45, 7) is 8.59. The van der Waals surface area contributed by atoms with Crippen molar-refractivity contribution in [2.24, 2.45) is 0 Å². The molecule has 2 aromatic rings. The number of nitrogens with zero attached hydrogens (tertiary/aromatic N) is 1. The summed E-state index contributed by atoms with van der Waals surface area (Å²) in [6.07, 6.45) is -0.220. The Labute approximate surface area is 258 Å². The Kier molecular flexibility index (Phi) is 12.0. The molecule has 10 heteroatoms. The van der Waals surface area contributed by atoms with Crippen LogP contribution in [0, 0.1) is 5.82 Å². The number of likely N-dealkylation sites (N-methyl/N-ethyl adjacent to an activating group) is 1. The summed E-state index contributed by atoms with van der Waals surface area (Å²) >= 11 is 0. The first-order valence-corrected chi connectivity index (χ1v) is 14.7. The molecule has 0 saturated carbocycles. The van der Waals surface area contributed by atoms with E-state index in [0.29, 0.717) is 30.8 Å². The fraction of sp³-hybridized carbons (Fsp3) is 0.500. The predicted molar refractivity (Wildman–Crippen MR) is 162 cm³/mol. The van der Waals surface area contributed by atoms with E-state index >= 15 is 4.39 Å². The lowest BCUT2D eigenvalue weighted by Crippen LogP contribution is -2.47. The van der Waals surface area contributed by atoms with Crippen LogP contribution in [0.5, 0.6) is 0 Å². The van der Waals surface area contributed by atoms with Crippen LogP contribution >= 0.6 is 0 Å². The van der Waals surface area contributed by atoms with E-state index in [1.54, 1.807) is 57.2 Å². The summed E-state index contributed by atoms with van der Waals surface area (Å²) in [7, 11) is 1.35. The van der Waals surface area contributed by atoms with Gasteiger partial charge in [0.25, 0.3) is 0 Å². The van der Waals surface area contributed by atoms with E-state index in [2.05, 4.69) is 0 Å². The monoisotopic (exact) mass is 615 g/mol. The Morgan fingerprint density at radius 1 is 1.00 bits per heavy atom. The molecule has 0 fully saturated rings. The van der Waals surface area contributed by atoms with Crippen molar-refractivity contribution in [3.8, 4) is 0 Å². The molecule has 0 saturated heterocycles. The number of amides is 1. The first-order valence-electron chi connectivity index (χ1n) is 14.7. The minimum atomic E-state index is -1.64. The molecule has 3 rings (SSSR count). The molecule has 0 spiro atoms. The van der Waals surface area contributed by atoms with E-state index in [4.69, 9.17) is 18.9 Å². The van der Waals surface area contributed by atoms with Gasteiger partial charge in [-0.3, -0.25) is 4.90 Å². The quantitative estimate of drug-likeness (QED) is 0.197. The van der Waals surface area contributed by atoms with Crippen molar-refractivity contribution >= 4 is 23.6 Å². The molecule has 1 aliphatic heterocycles. The smallest absolute Gasteiger partial charge is 0.410 e. The van der Waals surface area contributed by atoms with Gasteiger partial charge in [0.15, 0.2) is 0 Å². The second-order valence-electron chi connectivity index (χ2n) is 12.5. The topological polar surface area (TPSA) is 91.4 Å². The average molecular weight is 616 g/mol. The molecule has 0 N–H and O–H groups in total. The number of esters is 2. The van der Waals surface area contributed by atoms with Gasteiger partial charge in [0.05, 0.1) is 13.2 Å². The summed E-state index contributed by atoms with van der Waals surface area (Å²) in [6, 6.07) is 12.3. The molecule has 0 radical (unpaired) electrons. The van der Waals surface area contributed by atoms with Gasteiger partial charge in [-0.2, -0.15) is 0 Å². The highest BCUT2D eigenvalue weighted by molar-refractivity contribution is 5.85. The zero-order valence-electron chi connectivity index (χ0n) is 26.4. The molecule has 0 bridgehead atoms. The van der Waals surface area contributed by atoms with Crippen LogP contribution in [0.15, 0.2) is 54.6 Å². The lowest BCUT2D eigenvalue weighted by Gasteiger charge is -2.31. The van der Waals surface area contributed by atoms with E-state index in [1.807, 2.05) is 12.1 Å². The number of carbonyl (C=O) groups excluding carboxylic acids is 3. The fourth-order valence-corrected chi connectivity index (χ4v) is 4.56. The maximum Gasteiger partial charge on any atom is 0.410 e. The molecule has 2 atom stereocenters. The second kappa shape index (κ2) is 15.3. The van der Waals surface area contributed by atoms with Crippen LogP contribution in [0.2, 0.25) is 0 Å². The van der Waals surface area contributed by atoms with E-state index in [1.165, 1.54) is 27.0 Å². The van der Waals surface area contributed by atoms with E-state index in [-0.39, 0.29) is 25.9 Å². The van der Waals surface area contributed by atoms with Gasteiger partial charge in [0, 0.05) is 19.0 Å². The minimum Gasteiger partial charge on any atom is -0.458 e. The van der Waals surface area contributed by atoms with Crippen molar-refractivity contribution in [1.82, 2.24) is 4.90 Å². The minimum absolute atomic E-state index is 0.0728. The van der Waals surface area contributed by atoms with Crippen molar-refractivity contribution in [3.05, 3.63) is 77.1 Å². The van der Waals surface area contributed by atoms with Gasteiger partial charge in [-0.1, -0.05) is 48.5 Å². The summed E-state index contributed by atoms with van der Waals surface area (Å²) < 4.78 is 51.6. The summed E-state index contributed by atoms with van der Waals surface area (Å²) in [5.41, 5.74) is -0.103. The Bertz CT molecular complexity index is 1320. The van der Waals surface area contributed by atoms with Crippen molar-refractivity contribution in [1.29, 1.82) is 0 Å². The third-order valence-electron chi connectivity index (χ3n) is 6.94. The molecular formula is C34H43F2NO7. The zero-order valence-corrected chi connectivity index (χ0v) is 26.4. The lowest BCUT2D eigenvalue weighted by molar-refractivity contribution is -0.171. The number of hydrogen-bond donors (Lipinski definition) is 0. The molecule has 1 aliphatic rings. The molecule has 0 aromatic heterocycles. The van der Waals surface area contributed by atoms with Crippen LogP contribution in [-0.2, 0) is 41.6 Å². The van der Waals surface area contributed by atoms with Gasteiger partial charge in [0.1, 0.15) is 29.7 Å². The third-order valence-corrected chi connectivity index (χ3v) is 6.94. The van der Waals surface area contributed by atoms with Crippen LogP contribution in [-0.4, -0.2) is 66.6 Å². The van der Waals surface area contributed by atoms with Crippen LogP contribution < -0.4 is 0 Å². The van der Waals surface area contributed by atoms with Crippen LogP contribution in [0.4, 0.5) is 13.6 Å². The van der Waals surface area contributed by atoms with E-state index in [0.717, 1.165) is 16.0 Å². The van der Waals surface area contributed by atoms with Crippen molar-refractivity contribution < 1.29 is 42.1 Å². The summed E-state index contributed by atoms with van der Waals surface area (Å²) in [5.74, 6) is -2.26. The van der Waals surface area contributed by atoms with Crippen LogP contribution in [0.25, 0.3) is 5.57 Å². The highest BCUT2D eigenvalue weighted by Crippen LogP contribution is 2.26. The highest BCUT2D eigenvalue weighted by atomic mass is 19.1. The number of benzene rings is 2. The van der Waals surface area contributed by atoms with Gasteiger partial charge in [-0.25, -0.2) is 23.2 Å². The number of carbonyl (C=O) groups is 3. The number of hydrogen-bond acceptors (Lipinski definition) is 7. The standard InChI is InChI=1S/C34H43F2NO7/c1-33(2,3)44-32(40)37(6)28(14-17-34(4,5)36)30(38)43-29(31(39)42-22-23-10-8-7-9-11-23)21-24-12-13-26(27(35)20-24)25-15-18-41-19-16-25/h7-13,15,20,28-29H,14,16-19,21-22H2,1-6H3/t28-,29+/m0/s1. The molecule has 1 heterocycles. The predicted octanol–water partition coefficient (Wildman–Crippen LogP) is 6.59. The van der Waals surface area contributed by atoms with Gasteiger partial charge in [-0.05, 0) is 76.6 Å². The summed E-state index contributed by atoms with van der Waals surface area (Å²) in [4.78, 5) is 40.8. The normalized spacial score (nSPS) is 15.0. The fourth-order valence-electron chi connectivity index (χ4n) is 4.56. The molecule has 2 aromatic carbocycles. The third kappa shape index (κ3) is 11.0. The SMILES string of the molecule is CN(C(=O)OC(C)(C)C)[C@@H](CCC(C)(C)F)C(=O)O[C@H](Cc1ccc(C2=CCOCC2)c(F)c1)C(=O)OCc1ccccc1. The number of ether oxygens (including phenoxy) is 4. The van der Waals surface area contributed by atoms with Gasteiger partial charge >= 0.3 is 18.0 Å². The Hall–Kier alpha value is -3.79. The molecule has 8 nitrogen and oxygen atoms in total. The van der Waals surface area contributed by atoms with E-state index < -0.39 is 47.3 Å². The molecule has 0 aliphatic carbocycles. The molecule has 0 unspecified atom stereocenters. The maximum absolute atomic E-state index is 15.2. The van der Waals surface area contributed by atoms with Gasteiger partial charge in [-0.15, -0.1) is 0 Å². The van der Waals surface area contributed by atoms with Crippen molar-refractivity contribution in [2.45, 2.75) is 90.3 Å². The highest BCUT2D eigenvalue weighted by Gasteiger charge is 2.36.